The molecule has 0 N–H and O–H groups in total. The van der Waals surface area contributed by atoms with Crippen molar-refractivity contribution in [3.05, 3.63) is 158 Å². The molecule has 0 aliphatic heterocycles. The Hall–Kier alpha value is -4.97. The zero-order valence-corrected chi connectivity index (χ0v) is 53.7. The van der Waals surface area contributed by atoms with E-state index in [4.69, 9.17) is 14.2 Å². The van der Waals surface area contributed by atoms with Crippen molar-refractivity contribution in [3.63, 3.8) is 0 Å². The summed E-state index contributed by atoms with van der Waals surface area (Å²) in [5.74, 6) is -0.954. The predicted molar refractivity (Wildman–Crippen MR) is 362 cm³/mol. The molecule has 0 aliphatic rings. The normalized spacial score (nSPS) is 13.1. The molecule has 0 fully saturated rings. The predicted octanol–water partition coefficient (Wildman–Crippen LogP) is 23.7. The lowest BCUT2D eigenvalue weighted by Gasteiger charge is -2.18. The maximum atomic E-state index is 12.9. The van der Waals surface area contributed by atoms with Crippen LogP contribution in [0.3, 0.4) is 0 Å². The van der Waals surface area contributed by atoms with Gasteiger partial charge in [0.25, 0.3) is 0 Å². The first-order valence-electron chi connectivity index (χ1n) is 34.0. The average Bonchev–Trinajstić information content (AvgIpc) is 3.49. The molecule has 6 nitrogen and oxygen atoms in total. The Kier molecular flexibility index (Phi) is 65.4. The van der Waals surface area contributed by atoms with Gasteiger partial charge in [-0.05, 0) is 148 Å². The molecule has 0 saturated carbocycles. The van der Waals surface area contributed by atoms with Crippen LogP contribution in [-0.2, 0) is 28.6 Å². The molecule has 0 aromatic rings. The van der Waals surface area contributed by atoms with Crippen LogP contribution in [0.5, 0.6) is 0 Å². The van der Waals surface area contributed by atoms with E-state index in [9.17, 15) is 14.4 Å². The van der Waals surface area contributed by atoms with Crippen molar-refractivity contribution in [2.45, 2.75) is 297 Å². The number of carbonyl (C=O) groups excluding carboxylic acids is 3. The molecule has 0 aromatic heterocycles. The summed E-state index contributed by atoms with van der Waals surface area (Å²) in [5, 5.41) is 0. The maximum absolute atomic E-state index is 12.9. The van der Waals surface area contributed by atoms with Gasteiger partial charge in [0.1, 0.15) is 13.2 Å². The molecule has 1 unspecified atom stereocenters. The molecule has 0 heterocycles. The van der Waals surface area contributed by atoms with E-state index in [-0.39, 0.29) is 31.1 Å². The SMILES string of the molecule is CC/C=C\C/C=C\C/C=C\C/C=C\C/C=C\C/C=C\C/C=C\C/C=C\C/C=C\CCCCCC(=O)OCC(COC(=O)CCCCCCC/C=C\C/C=C\C/C=C\CC)OC(=O)CCCCCCCCCCC/C=C\CCCCCCCC. The molecule has 83 heavy (non-hydrogen) atoms. The summed E-state index contributed by atoms with van der Waals surface area (Å²) < 4.78 is 16.9. The molecule has 0 radical (unpaired) electrons. The van der Waals surface area contributed by atoms with Crippen LogP contribution in [0.1, 0.15) is 290 Å². The number of hydrogen-bond donors (Lipinski definition) is 0. The van der Waals surface area contributed by atoms with Gasteiger partial charge in [-0.2, -0.15) is 0 Å². The highest BCUT2D eigenvalue weighted by Crippen LogP contribution is 2.15. The molecule has 0 spiro atoms. The minimum Gasteiger partial charge on any atom is -0.462 e. The van der Waals surface area contributed by atoms with E-state index in [2.05, 4.69) is 179 Å². The largest absolute Gasteiger partial charge is 0.462 e. The van der Waals surface area contributed by atoms with Crippen LogP contribution < -0.4 is 0 Å². The number of rotatable bonds is 60. The van der Waals surface area contributed by atoms with Crippen LogP contribution in [-0.4, -0.2) is 37.2 Å². The topological polar surface area (TPSA) is 78.9 Å². The smallest absolute Gasteiger partial charge is 0.306 e. The molecule has 0 saturated heterocycles. The molecule has 0 bridgehead atoms. The van der Waals surface area contributed by atoms with Gasteiger partial charge in [-0.25, -0.2) is 0 Å². The van der Waals surface area contributed by atoms with E-state index in [1.165, 1.54) is 89.9 Å². The fraction of sp³-hybridized carbons (Fsp3) is 0.623. The van der Waals surface area contributed by atoms with Crippen LogP contribution in [0, 0.1) is 0 Å². The van der Waals surface area contributed by atoms with Crippen molar-refractivity contribution in [1.29, 1.82) is 0 Å². The van der Waals surface area contributed by atoms with Crippen molar-refractivity contribution in [2.24, 2.45) is 0 Å². The van der Waals surface area contributed by atoms with E-state index in [1.54, 1.807) is 0 Å². The Morgan fingerprint density at radius 1 is 0.253 bits per heavy atom. The van der Waals surface area contributed by atoms with Crippen LogP contribution in [0.2, 0.25) is 0 Å². The number of ether oxygens (including phenoxy) is 3. The van der Waals surface area contributed by atoms with Crippen LogP contribution in [0.4, 0.5) is 0 Å². The molecule has 0 rings (SSSR count). The molecule has 468 valence electrons. The quantitative estimate of drug-likeness (QED) is 0.0261. The lowest BCUT2D eigenvalue weighted by molar-refractivity contribution is -0.167. The number of esters is 3. The average molecular weight is 1150 g/mol. The second kappa shape index (κ2) is 69.5. The second-order valence-electron chi connectivity index (χ2n) is 22.0. The Bertz CT molecular complexity index is 1840. The summed E-state index contributed by atoms with van der Waals surface area (Å²) in [6.07, 6.45) is 101. The highest BCUT2D eigenvalue weighted by atomic mass is 16.6. The third-order valence-electron chi connectivity index (χ3n) is 14.0. The lowest BCUT2D eigenvalue weighted by atomic mass is 10.1. The van der Waals surface area contributed by atoms with Crippen molar-refractivity contribution in [3.8, 4) is 0 Å². The summed E-state index contributed by atoms with van der Waals surface area (Å²) >= 11 is 0. The monoisotopic (exact) mass is 1140 g/mol. The molecular weight excluding hydrogens is 1020 g/mol. The minimum absolute atomic E-state index is 0.104. The highest BCUT2D eigenvalue weighted by molar-refractivity contribution is 5.71. The van der Waals surface area contributed by atoms with E-state index >= 15 is 0 Å². The van der Waals surface area contributed by atoms with Gasteiger partial charge in [-0.3, -0.25) is 14.4 Å². The standard InChI is InChI=1S/C77H124O6/c1-4-7-10-13-16-19-22-25-28-30-32-33-34-35-36-37-38-39-40-41-42-43-45-46-49-52-55-58-61-64-67-70-76(79)82-73-74(72-81-75(78)69-66-63-60-57-54-51-48-27-24-21-18-15-12-9-6-3)83-77(80)71-68-65-62-59-56-53-50-47-44-31-29-26-23-20-17-14-11-8-5-2/h7,9-10,12,16,18-19,21,25-29,32-33,35-36,38-39,41-42,45-46,48,52,55,74H,4-6,8,11,13-15,17,20,22-24,30-31,34,37,40,43-44,47,49-51,53-54,56-73H2,1-3H3/b10-7-,12-9-,19-16-,21-18-,28-25-,29-26-,33-32-,36-35-,39-38-,42-41-,46-45-,48-27-,55-52-. The number of allylic oxidation sites excluding steroid dienone is 26. The molecular formula is C77H124O6. The van der Waals surface area contributed by atoms with Gasteiger partial charge in [0.05, 0.1) is 0 Å². The van der Waals surface area contributed by atoms with Crippen molar-refractivity contribution >= 4 is 17.9 Å². The summed E-state index contributed by atoms with van der Waals surface area (Å²) in [7, 11) is 0. The number of unbranched alkanes of at least 4 members (excludes halogenated alkanes) is 23. The van der Waals surface area contributed by atoms with E-state index in [1.807, 2.05) is 0 Å². The molecule has 0 aromatic carbocycles. The summed E-state index contributed by atoms with van der Waals surface area (Å²) in [4.78, 5) is 38.4. The van der Waals surface area contributed by atoms with Gasteiger partial charge in [0, 0.05) is 19.3 Å². The molecule has 0 aliphatic carbocycles. The first-order chi connectivity index (χ1) is 41.0. The van der Waals surface area contributed by atoms with E-state index in [0.29, 0.717) is 19.3 Å². The van der Waals surface area contributed by atoms with E-state index in [0.717, 1.165) is 161 Å². The minimum atomic E-state index is -0.809. The van der Waals surface area contributed by atoms with Crippen molar-refractivity contribution in [1.82, 2.24) is 0 Å². The number of carbonyl (C=O) groups is 3. The first-order valence-corrected chi connectivity index (χ1v) is 34.0. The molecule has 6 heteroatoms. The van der Waals surface area contributed by atoms with Crippen LogP contribution >= 0.6 is 0 Å². The van der Waals surface area contributed by atoms with Gasteiger partial charge < -0.3 is 14.2 Å². The third kappa shape index (κ3) is 67.7. The number of hydrogen-bond acceptors (Lipinski definition) is 6. The second-order valence-corrected chi connectivity index (χ2v) is 22.0. The van der Waals surface area contributed by atoms with Gasteiger partial charge in [-0.15, -0.1) is 0 Å². The van der Waals surface area contributed by atoms with Crippen LogP contribution in [0.25, 0.3) is 0 Å². The molecule has 1 atom stereocenters. The fourth-order valence-electron chi connectivity index (χ4n) is 8.97. The summed E-state index contributed by atoms with van der Waals surface area (Å²) in [6.45, 7) is 6.38. The zero-order chi connectivity index (χ0) is 59.9. The summed E-state index contributed by atoms with van der Waals surface area (Å²) in [6, 6.07) is 0. The van der Waals surface area contributed by atoms with Gasteiger partial charge in [0.15, 0.2) is 6.10 Å². The Morgan fingerprint density at radius 2 is 0.470 bits per heavy atom. The Balaban J connectivity index is 4.44. The third-order valence-corrected chi connectivity index (χ3v) is 14.0. The van der Waals surface area contributed by atoms with Gasteiger partial charge >= 0.3 is 17.9 Å². The van der Waals surface area contributed by atoms with Gasteiger partial charge in [0.2, 0.25) is 0 Å². The lowest BCUT2D eigenvalue weighted by Crippen LogP contribution is -2.30. The van der Waals surface area contributed by atoms with Crippen molar-refractivity contribution in [2.75, 3.05) is 13.2 Å². The van der Waals surface area contributed by atoms with Crippen molar-refractivity contribution < 1.29 is 28.6 Å². The fourth-order valence-corrected chi connectivity index (χ4v) is 8.97. The summed E-state index contributed by atoms with van der Waals surface area (Å²) in [5.41, 5.74) is 0. The van der Waals surface area contributed by atoms with Gasteiger partial charge in [-0.1, -0.05) is 281 Å². The first kappa shape index (κ1) is 78.0. The van der Waals surface area contributed by atoms with Crippen LogP contribution in [0.15, 0.2) is 158 Å². The Labute approximate surface area is 511 Å². The Morgan fingerprint density at radius 3 is 0.759 bits per heavy atom. The zero-order valence-electron chi connectivity index (χ0n) is 53.7. The highest BCUT2D eigenvalue weighted by Gasteiger charge is 2.19. The molecule has 0 amide bonds. The maximum Gasteiger partial charge on any atom is 0.306 e. The van der Waals surface area contributed by atoms with E-state index < -0.39 is 6.10 Å².